The molecule has 6 heteroatoms. The third-order valence-electron chi connectivity index (χ3n) is 4.23. The van der Waals surface area contributed by atoms with Crippen LogP contribution in [-0.2, 0) is 9.59 Å². The summed E-state index contributed by atoms with van der Waals surface area (Å²) in [6, 6.07) is 0.203. The molecule has 0 bridgehead atoms. The second-order valence-electron chi connectivity index (χ2n) is 5.83. The lowest BCUT2D eigenvalue weighted by Crippen LogP contribution is -2.56. The third kappa shape index (κ3) is 3.10. The van der Waals surface area contributed by atoms with Crippen molar-refractivity contribution in [3.05, 3.63) is 23.9 Å². The molecule has 0 spiro atoms. The largest absolute Gasteiger partial charge is 0.364 e. The minimum Gasteiger partial charge on any atom is -0.364 e. The summed E-state index contributed by atoms with van der Waals surface area (Å²) in [7, 11) is 0. The fourth-order valence-electron chi connectivity index (χ4n) is 2.93. The number of primary amides is 1. The highest BCUT2D eigenvalue weighted by atomic mass is 16.2. The normalized spacial score (nSPS) is 25.9. The summed E-state index contributed by atoms with van der Waals surface area (Å²) in [5.41, 5.74) is 5.55. The van der Waals surface area contributed by atoms with E-state index in [9.17, 15) is 9.59 Å². The number of nitrogens with zero attached hydrogens (tertiary/aromatic N) is 1. The molecule has 6 nitrogen and oxygen atoms in total. The lowest BCUT2D eigenvalue weighted by atomic mass is 10.0. The Morgan fingerprint density at radius 3 is 2.57 bits per heavy atom. The first-order valence-corrected chi connectivity index (χ1v) is 7.56. The highest BCUT2D eigenvalue weighted by molar-refractivity contribution is 5.91. The first kappa shape index (κ1) is 14.1. The van der Waals surface area contributed by atoms with Crippen molar-refractivity contribution in [3.8, 4) is 0 Å². The molecule has 0 aromatic carbocycles. The number of amides is 2. The Morgan fingerprint density at radius 2 is 1.95 bits per heavy atom. The number of carbonyl (C=O) groups excluding carboxylic acids is 2. The summed E-state index contributed by atoms with van der Waals surface area (Å²) in [5, 5.41) is 6.36. The van der Waals surface area contributed by atoms with Gasteiger partial charge in [-0.15, -0.1) is 0 Å². The third-order valence-corrected chi connectivity index (χ3v) is 4.23. The van der Waals surface area contributed by atoms with Crippen LogP contribution in [0.15, 0.2) is 17.8 Å². The molecule has 2 aliphatic heterocycles. The Kier molecular flexibility index (Phi) is 3.96. The first-order chi connectivity index (χ1) is 10.2. The van der Waals surface area contributed by atoms with Crippen LogP contribution in [0.5, 0.6) is 0 Å². The maximum Gasteiger partial charge on any atom is 0.265 e. The lowest BCUT2D eigenvalue weighted by Gasteiger charge is -2.40. The number of rotatable bonds is 4. The second-order valence-corrected chi connectivity index (χ2v) is 5.83. The number of nitrogens with two attached hydrogens (primary N) is 1. The second kappa shape index (κ2) is 5.89. The zero-order valence-electron chi connectivity index (χ0n) is 12.0. The zero-order valence-corrected chi connectivity index (χ0v) is 12.0. The van der Waals surface area contributed by atoms with Gasteiger partial charge in [0.15, 0.2) is 0 Å². The Bertz CT molecular complexity index is 490. The summed E-state index contributed by atoms with van der Waals surface area (Å²) in [6.07, 6.45) is 9.85. The summed E-state index contributed by atoms with van der Waals surface area (Å²) < 4.78 is 0. The number of hydrogen-bond donors (Lipinski definition) is 3. The predicted molar refractivity (Wildman–Crippen MR) is 77.5 cm³/mol. The van der Waals surface area contributed by atoms with Gasteiger partial charge in [-0.2, -0.15) is 0 Å². The molecule has 1 unspecified atom stereocenters. The van der Waals surface area contributed by atoms with Crippen molar-refractivity contribution < 1.29 is 9.59 Å². The van der Waals surface area contributed by atoms with Crippen LogP contribution in [-0.4, -0.2) is 42.0 Å². The minimum absolute atomic E-state index is 0.155. The van der Waals surface area contributed by atoms with Crippen LogP contribution in [0.2, 0.25) is 0 Å². The number of allylic oxidation sites excluding steroid dienone is 2. The van der Waals surface area contributed by atoms with Gasteiger partial charge in [0.2, 0.25) is 5.91 Å². The predicted octanol–water partition coefficient (Wildman–Crippen LogP) is -0.365. The standard InChI is InChI=1S/C15H21N4O2/c16-14(20)12-2-1-3-13(18-12)19(15(21)10-4-5-10)11-6-8-17-9-7-11/h1,3,10-11,13,17-18H,4-9H2,(H2,16,20). The van der Waals surface area contributed by atoms with Crippen LogP contribution in [0.25, 0.3) is 0 Å². The van der Waals surface area contributed by atoms with Gasteiger partial charge in [-0.25, -0.2) is 0 Å². The fourth-order valence-corrected chi connectivity index (χ4v) is 2.93. The molecule has 0 aromatic heterocycles. The van der Waals surface area contributed by atoms with Gasteiger partial charge in [0.25, 0.3) is 5.91 Å². The number of nitrogens with one attached hydrogen (secondary N) is 2. The molecule has 21 heavy (non-hydrogen) atoms. The molecular formula is C15H21N4O2. The molecule has 3 rings (SSSR count). The van der Waals surface area contributed by atoms with E-state index in [1.807, 2.05) is 11.0 Å². The molecule has 1 atom stereocenters. The monoisotopic (exact) mass is 289 g/mol. The average Bonchev–Trinajstić information content (AvgIpc) is 3.33. The molecule has 2 fully saturated rings. The highest BCUT2D eigenvalue weighted by Gasteiger charge is 2.40. The van der Waals surface area contributed by atoms with Crippen molar-refractivity contribution in [1.82, 2.24) is 15.5 Å². The maximum absolute atomic E-state index is 12.7. The van der Waals surface area contributed by atoms with Crippen LogP contribution >= 0.6 is 0 Å². The van der Waals surface area contributed by atoms with Crippen LogP contribution in [0.3, 0.4) is 0 Å². The molecule has 113 valence electrons. The van der Waals surface area contributed by atoms with Crippen molar-refractivity contribution in [1.29, 1.82) is 0 Å². The molecule has 1 saturated carbocycles. The van der Waals surface area contributed by atoms with E-state index in [4.69, 9.17) is 5.73 Å². The topological polar surface area (TPSA) is 87.5 Å². The molecule has 3 aliphatic rings. The molecule has 2 heterocycles. The van der Waals surface area contributed by atoms with Gasteiger partial charge >= 0.3 is 0 Å². The zero-order chi connectivity index (χ0) is 14.8. The summed E-state index contributed by atoms with van der Waals surface area (Å²) in [4.78, 5) is 25.9. The van der Waals surface area contributed by atoms with Gasteiger partial charge in [-0.05, 0) is 44.8 Å². The van der Waals surface area contributed by atoms with Gasteiger partial charge in [0.1, 0.15) is 11.9 Å². The van der Waals surface area contributed by atoms with Crippen LogP contribution in [0, 0.1) is 12.0 Å². The van der Waals surface area contributed by atoms with E-state index in [1.54, 1.807) is 6.08 Å². The SMILES string of the molecule is NC(=O)C1=[C]C=CC(N(C(=O)C2CC2)C2CCNCC2)N1. The van der Waals surface area contributed by atoms with Crippen LogP contribution < -0.4 is 16.4 Å². The van der Waals surface area contributed by atoms with Crippen molar-refractivity contribution >= 4 is 11.8 Å². The molecule has 1 saturated heterocycles. The Morgan fingerprint density at radius 1 is 1.24 bits per heavy atom. The van der Waals surface area contributed by atoms with Crippen molar-refractivity contribution in [2.45, 2.75) is 37.9 Å². The lowest BCUT2D eigenvalue weighted by molar-refractivity contribution is -0.138. The smallest absolute Gasteiger partial charge is 0.265 e. The molecule has 1 radical (unpaired) electrons. The quantitative estimate of drug-likeness (QED) is 0.659. The van der Waals surface area contributed by atoms with E-state index < -0.39 is 5.91 Å². The molecule has 2 amide bonds. The Labute approximate surface area is 124 Å². The maximum atomic E-state index is 12.7. The van der Waals surface area contributed by atoms with E-state index in [-0.39, 0.29) is 29.7 Å². The van der Waals surface area contributed by atoms with Crippen LogP contribution in [0.1, 0.15) is 25.7 Å². The summed E-state index contributed by atoms with van der Waals surface area (Å²) in [5.74, 6) is -0.203. The molecule has 1 aliphatic carbocycles. The Hall–Kier alpha value is -1.82. The van der Waals surface area contributed by atoms with E-state index in [2.05, 4.69) is 16.7 Å². The highest BCUT2D eigenvalue weighted by Crippen LogP contribution is 2.33. The molecular weight excluding hydrogens is 268 g/mol. The number of carbonyl (C=O) groups is 2. The van der Waals surface area contributed by atoms with Crippen molar-refractivity contribution in [2.24, 2.45) is 11.7 Å². The van der Waals surface area contributed by atoms with Gasteiger partial charge in [0, 0.05) is 18.0 Å². The number of piperidine rings is 1. The van der Waals surface area contributed by atoms with Gasteiger partial charge in [0.05, 0.1) is 0 Å². The van der Waals surface area contributed by atoms with Gasteiger partial charge < -0.3 is 21.3 Å². The van der Waals surface area contributed by atoms with E-state index >= 15 is 0 Å². The number of dihydropyridines is 1. The number of hydrogen-bond acceptors (Lipinski definition) is 4. The minimum atomic E-state index is -0.548. The van der Waals surface area contributed by atoms with E-state index in [0.29, 0.717) is 0 Å². The van der Waals surface area contributed by atoms with Crippen LogP contribution in [0.4, 0.5) is 0 Å². The first-order valence-electron chi connectivity index (χ1n) is 7.56. The summed E-state index contributed by atoms with van der Waals surface area (Å²) in [6.45, 7) is 1.83. The van der Waals surface area contributed by atoms with Crippen molar-refractivity contribution in [2.75, 3.05) is 13.1 Å². The summed E-state index contributed by atoms with van der Waals surface area (Å²) >= 11 is 0. The van der Waals surface area contributed by atoms with E-state index in [1.165, 1.54) is 0 Å². The van der Waals surface area contributed by atoms with Gasteiger partial charge in [-0.1, -0.05) is 6.08 Å². The fraction of sp³-hybridized carbons (Fsp3) is 0.600. The van der Waals surface area contributed by atoms with Gasteiger partial charge in [-0.3, -0.25) is 9.59 Å². The average molecular weight is 289 g/mol. The molecule has 4 N–H and O–H groups in total. The Balaban J connectivity index is 1.78. The van der Waals surface area contributed by atoms with Crippen molar-refractivity contribution in [3.63, 3.8) is 0 Å². The molecule has 0 aromatic rings. The van der Waals surface area contributed by atoms with E-state index in [0.717, 1.165) is 38.8 Å².